The molecule has 2 N–H and O–H groups in total. The number of aliphatic hydroxyl groups excluding tert-OH is 1. The van der Waals surface area contributed by atoms with E-state index in [9.17, 15) is 9.90 Å². The van der Waals surface area contributed by atoms with Crippen molar-refractivity contribution in [2.45, 2.75) is 39.0 Å². The standard InChI is InChI=1S/C24H27N3O2S/c1-17-2-8-20(9-3-17)24-26-22(16-30-24)23(29)25-14-18-4-6-19(7-5-18)15-27-12-10-21(28)11-13-27/h2-9,16,21,28H,10-15H2,1H3,(H,25,29). The van der Waals surface area contributed by atoms with Gasteiger partial charge < -0.3 is 10.4 Å². The minimum atomic E-state index is -0.152. The molecule has 1 amide bonds. The van der Waals surface area contributed by atoms with Crippen LogP contribution in [0.3, 0.4) is 0 Å². The van der Waals surface area contributed by atoms with Crippen LogP contribution in [-0.4, -0.2) is 40.1 Å². The average Bonchev–Trinajstić information content (AvgIpc) is 3.25. The van der Waals surface area contributed by atoms with E-state index < -0.39 is 0 Å². The number of aliphatic hydroxyl groups is 1. The topological polar surface area (TPSA) is 65.5 Å². The molecular formula is C24H27N3O2S. The molecule has 0 spiro atoms. The lowest BCUT2D eigenvalue weighted by Gasteiger charge is -2.29. The molecule has 0 aliphatic carbocycles. The number of rotatable bonds is 6. The number of amides is 1. The van der Waals surface area contributed by atoms with Gasteiger partial charge in [0.05, 0.1) is 6.10 Å². The molecule has 0 saturated carbocycles. The van der Waals surface area contributed by atoms with E-state index in [1.165, 1.54) is 22.5 Å². The lowest BCUT2D eigenvalue weighted by molar-refractivity contribution is 0.0792. The number of hydrogen-bond donors (Lipinski definition) is 2. The van der Waals surface area contributed by atoms with Crippen molar-refractivity contribution in [2.24, 2.45) is 0 Å². The third-order valence-electron chi connectivity index (χ3n) is 5.47. The molecule has 1 aliphatic rings. The fourth-order valence-electron chi connectivity index (χ4n) is 3.58. The van der Waals surface area contributed by atoms with Crippen molar-refractivity contribution in [2.75, 3.05) is 13.1 Å². The van der Waals surface area contributed by atoms with E-state index in [0.29, 0.717) is 12.2 Å². The Hall–Kier alpha value is -2.54. The molecule has 2 aromatic carbocycles. The van der Waals surface area contributed by atoms with E-state index in [1.807, 2.05) is 17.5 Å². The van der Waals surface area contributed by atoms with E-state index in [1.54, 1.807) is 0 Å². The van der Waals surface area contributed by atoms with Crippen LogP contribution >= 0.6 is 11.3 Å². The highest BCUT2D eigenvalue weighted by molar-refractivity contribution is 7.13. The monoisotopic (exact) mass is 421 g/mol. The number of piperidine rings is 1. The summed E-state index contributed by atoms with van der Waals surface area (Å²) in [5, 5.41) is 15.2. The number of benzene rings is 2. The largest absolute Gasteiger partial charge is 0.393 e. The maximum absolute atomic E-state index is 12.5. The third-order valence-corrected chi connectivity index (χ3v) is 6.37. The van der Waals surface area contributed by atoms with Gasteiger partial charge in [-0.25, -0.2) is 4.98 Å². The minimum Gasteiger partial charge on any atom is -0.393 e. The van der Waals surface area contributed by atoms with Crippen molar-refractivity contribution < 1.29 is 9.90 Å². The lowest BCUT2D eigenvalue weighted by Crippen LogP contribution is -2.35. The number of thiazole rings is 1. The van der Waals surface area contributed by atoms with Crippen LogP contribution < -0.4 is 5.32 Å². The quantitative estimate of drug-likeness (QED) is 0.631. The first-order valence-corrected chi connectivity index (χ1v) is 11.2. The summed E-state index contributed by atoms with van der Waals surface area (Å²) in [6, 6.07) is 16.5. The van der Waals surface area contributed by atoms with Gasteiger partial charge in [-0.05, 0) is 30.9 Å². The number of aromatic nitrogens is 1. The maximum atomic E-state index is 12.5. The van der Waals surface area contributed by atoms with E-state index in [2.05, 4.69) is 58.5 Å². The smallest absolute Gasteiger partial charge is 0.271 e. The highest BCUT2D eigenvalue weighted by Crippen LogP contribution is 2.24. The normalized spacial score (nSPS) is 15.3. The zero-order valence-electron chi connectivity index (χ0n) is 17.2. The summed E-state index contributed by atoms with van der Waals surface area (Å²) in [7, 11) is 0. The number of aryl methyl sites for hydroxylation is 1. The molecule has 4 rings (SSSR count). The first-order chi connectivity index (χ1) is 14.6. The number of nitrogens with zero attached hydrogens (tertiary/aromatic N) is 2. The Morgan fingerprint density at radius 3 is 2.47 bits per heavy atom. The van der Waals surface area contributed by atoms with Crippen LogP contribution in [0.2, 0.25) is 0 Å². The third kappa shape index (κ3) is 5.33. The predicted octanol–water partition coefficient (Wildman–Crippen LogP) is 4.01. The van der Waals surface area contributed by atoms with E-state index in [-0.39, 0.29) is 12.0 Å². The number of hydrogen-bond acceptors (Lipinski definition) is 5. The molecule has 1 aliphatic heterocycles. The second-order valence-electron chi connectivity index (χ2n) is 7.91. The molecule has 0 unspecified atom stereocenters. The van der Waals surface area contributed by atoms with Gasteiger partial charge in [-0.15, -0.1) is 11.3 Å². The van der Waals surface area contributed by atoms with Crippen LogP contribution in [0, 0.1) is 6.92 Å². The molecule has 1 aromatic heterocycles. The number of carbonyl (C=O) groups excluding carboxylic acids is 1. The second kappa shape index (κ2) is 9.51. The summed E-state index contributed by atoms with van der Waals surface area (Å²) in [6.45, 7) is 5.32. The summed E-state index contributed by atoms with van der Waals surface area (Å²) in [6.07, 6.45) is 1.57. The van der Waals surface area contributed by atoms with Crippen molar-refractivity contribution in [1.29, 1.82) is 0 Å². The lowest BCUT2D eigenvalue weighted by atomic mass is 10.1. The highest BCUT2D eigenvalue weighted by atomic mass is 32.1. The molecule has 3 aromatic rings. The molecule has 0 atom stereocenters. The van der Waals surface area contributed by atoms with Crippen LogP contribution in [0.4, 0.5) is 0 Å². The van der Waals surface area contributed by atoms with E-state index in [0.717, 1.165) is 48.6 Å². The Morgan fingerprint density at radius 1 is 1.10 bits per heavy atom. The van der Waals surface area contributed by atoms with Crippen LogP contribution in [0.5, 0.6) is 0 Å². The zero-order valence-corrected chi connectivity index (χ0v) is 18.0. The fraction of sp³-hybridized carbons (Fsp3) is 0.333. The summed E-state index contributed by atoms with van der Waals surface area (Å²) in [5.74, 6) is -0.152. The Morgan fingerprint density at radius 2 is 1.77 bits per heavy atom. The predicted molar refractivity (Wildman–Crippen MR) is 120 cm³/mol. The molecule has 0 bridgehead atoms. The second-order valence-corrected chi connectivity index (χ2v) is 8.77. The van der Waals surface area contributed by atoms with Gasteiger partial charge in [0.25, 0.3) is 5.91 Å². The molecule has 2 heterocycles. The highest BCUT2D eigenvalue weighted by Gasteiger charge is 2.17. The van der Waals surface area contributed by atoms with Crippen molar-refractivity contribution in [3.8, 4) is 10.6 Å². The molecule has 5 nitrogen and oxygen atoms in total. The molecule has 0 radical (unpaired) electrons. The number of nitrogens with one attached hydrogen (secondary N) is 1. The van der Waals surface area contributed by atoms with Gasteiger partial charge in [0.1, 0.15) is 10.7 Å². The van der Waals surface area contributed by atoms with Gasteiger partial charge in [0.2, 0.25) is 0 Å². The summed E-state index contributed by atoms with van der Waals surface area (Å²) in [5.41, 5.74) is 5.01. The van der Waals surface area contributed by atoms with Crippen LogP contribution in [0.1, 0.15) is 40.0 Å². The molecule has 1 fully saturated rings. The SMILES string of the molecule is Cc1ccc(-c2nc(C(=O)NCc3ccc(CN4CCC(O)CC4)cc3)cs2)cc1. The van der Waals surface area contributed by atoms with Crippen LogP contribution in [0.15, 0.2) is 53.9 Å². The fourth-order valence-corrected chi connectivity index (χ4v) is 4.38. The van der Waals surface area contributed by atoms with Crippen LogP contribution in [-0.2, 0) is 13.1 Å². The van der Waals surface area contributed by atoms with E-state index in [4.69, 9.17) is 0 Å². The van der Waals surface area contributed by atoms with Gasteiger partial charge >= 0.3 is 0 Å². The average molecular weight is 422 g/mol. The molecular weight excluding hydrogens is 394 g/mol. The summed E-state index contributed by atoms with van der Waals surface area (Å²) in [4.78, 5) is 19.3. The zero-order chi connectivity index (χ0) is 20.9. The van der Waals surface area contributed by atoms with Crippen LogP contribution in [0.25, 0.3) is 10.6 Å². The minimum absolute atomic E-state index is 0.141. The van der Waals surface area contributed by atoms with Gasteiger partial charge in [-0.3, -0.25) is 9.69 Å². The Kier molecular flexibility index (Phi) is 6.57. The van der Waals surface area contributed by atoms with Crippen molar-refractivity contribution >= 4 is 17.2 Å². The molecule has 156 valence electrons. The molecule has 30 heavy (non-hydrogen) atoms. The van der Waals surface area contributed by atoms with Gasteiger partial charge in [0, 0.05) is 37.1 Å². The number of likely N-dealkylation sites (tertiary alicyclic amines) is 1. The van der Waals surface area contributed by atoms with Gasteiger partial charge in [-0.1, -0.05) is 54.1 Å². The van der Waals surface area contributed by atoms with Gasteiger partial charge in [-0.2, -0.15) is 0 Å². The summed E-state index contributed by atoms with van der Waals surface area (Å²) >= 11 is 1.48. The first-order valence-electron chi connectivity index (χ1n) is 10.4. The molecule has 6 heteroatoms. The van der Waals surface area contributed by atoms with Crippen molar-refractivity contribution in [3.63, 3.8) is 0 Å². The molecule has 1 saturated heterocycles. The van der Waals surface area contributed by atoms with Crippen molar-refractivity contribution in [3.05, 3.63) is 76.3 Å². The number of carbonyl (C=O) groups is 1. The van der Waals surface area contributed by atoms with E-state index >= 15 is 0 Å². The Bertz CT molecular complexity index is 974. The van der Waals surface area contributed by atoms with Gasteiger partial charge in [0.15, 0.2) is 0 Å². The summed E-state index contributed by atoms with van der Waals surface area (Å²) < 4.78 is 0. The van der Waals surface area contributed by atoms with Crippen molar-refractivity contribution in [1.82, 2.24) is 15.2 Å². The Balaban J connectivity index is 1.29. The maximum Gasteiger partial charge on any atom is 0.271 e. The Labute approximate surface area is 181 Å². The first kappa shape index (κ1) is 20.7.